The third kappa shape index (κ3) is 26.8. The van der Waals surface area contributed by atoms with Crippen LogP contribution in [0.5, 0.6) is 11.5 Å². The van der Waals surface area contributed by atoms with E-state index in [2.05, 4.69) is 172 Å². The molecule has 1 atom stereocenters. The Kier molecular flexibility index (Phi) is 30.3. The van der Waals surface area contributed by atoms with Gasteiger partial charge in [-0.05, 0) is 117 Å². The fraction of sp³-hybridized carbons (Fsp3) is 0.424. The van der Waals surface area contributed by atoms with E-state index < -0.39 is 0 Å². The van der Waals surface area contributed by atoms with Gasteiger partial charge >= 0.3 is 0 Å². The Balaban J connectivity index is 0.000000443. The van der Waals surface area contributed by atoms with Crippen LogP contribution in [0.2, 0.25) is 0 Å². The second kappa shape index (κ2) is 33.8. The third-order valence-electron chi connectivity index (χ3n) is 10.4. The second-order valence-electron chi connectivity index (χ2n) is 18.2. The molecule has 6 heteroatoms. The first-order valence-corrected chi connectivity index (χ1v) is 24.3. The van der Waals surface area contributed by atoms with Gasteiger partial charge < -0.3 is 15.5 Å². The van der Waals surface area contributed by atoms with Crippen molar-refractivity contribution in [2.45, 2.75) is 146 Å². The number of hydrogen-bond donors (Lipinski definition) is 3. The lowest BCUT2D eigenvalue weighted by Gasteiger charge is -2.32. The minimum Gasteiger partial charge on any atom is -0.508 e. The van der Waals surface area contributed by atoms with Crippen molar-refractivity contribution in [1.29, 1.82) is 0 Å². The Morgan fingerprint density at radius 2 is 0.954 bits per heavy atom. The van der Waals surface area contributed by atoms with Gasteiger partial charge in [0, 0.05) is 60.2 Å². The molecule has 0 radical (unpaired) electrons. The first kappa shape index (κ1) is 58.4. The Hall–Kier alpha value is -4.65. The summed E-state index contributed by atoms with van der Waals surface area (Å²) in [6, 6.07) is 47.6. The van der Waals surface area contributed by atoms with E-state index in [1.54, 1.807) is 12.1 Å². The predicted octanol–water partition coefficient (Wildman–Crippen LogP) is 15.2. The number of alkyl halides is 1. The highest BCUT2D eigenvalue weighted by Crippen LogP contribution is 2.35. The number of benzene rings is 5. The van der Waals surface area contributed by atoms with Crippen molar-refractivity contribution in [2.75, 3.05) is 19.0 Å². The van der Waals surface area contributed by atoms with Crippen LogP contribution >= 0.6 is 11.6 Å². The molecule has 0 heterocycles. The topological polar surface area (TPSA) is 59.0 Å². The molecule has 0 fully saturated rings. The molecule has 0 aromatic heterocycles. The van der Waals surface area contributed by atoms with Gasteiger partial charge in [-0.2, -0.15) is 0 Å². The lowest BCUT2D eigenvalue weighted by molar-refractivity contribution is 0.170. The molecular formula is C59H86ClN3O2. The van der Waals surface area contributed by atoms with Gasteiger partial charge in [0.05, 0.1) is 0 Å². The molecule has 0 aliphatic carbocycles. The van der Waals surface area contributed by atoms with Crippen molar-refractivity contribution in [2.24, 2.45) is 0 Å². The Bertz CT molecular complexity index is 1920. The fourth-order valence-corrected chi connectivity index (χ4v) is 7.47. The molecule has 0 bridgehead atoms. The van der Waals surface area contributed by atoms with E-state index >= 15 is 0 Å². The molecule has 5 nitrogen and oxygen atoms in total. The minimum absolute atomic E-state index is 0.214. The number of nitrogens with zero attached hydrogens (tertiary/aromatic N) is 2. The molecular weight excluding hydrogens is 818 g/mol. The van der Waals surface area contributed by atoms with Crippen molar-refractivity contribution in [3.05, 3.63) is 179 Å². The van der Waals surface area contributed by atoms with E-state index in [-0.39, 0.29) is 5.92 Å². The van der Waals surface area contributed by atoms with Gasteiger partial charge in [-0.25, -0.2) is 0 Å². The van der Waals surface area contributed by atoms with Crippen molar-refractivity contribution in [3.63, 3.8) is 0 Å². The highest BCUT2D eigenvalue weighted by atomic mass is 35.5. The SMILES string of the molecule is CC(C)N(C/C=C/c1ccccc1)C(C)C.CC(C)NC(C)C.Cc1ccc(O)c(C(CCN(C(C)C)C(C)C)c2ccccc2)c1.Cc1ccc(O)cc1.ClC/C=C/c1ccccc1. The average molecular weight is 905 g/mol. The summed E-state index contributed by atoms with van der Waals surface area (Å²) in [4.78, 5) is 4.99. The van der Waals surface area contributed by atoms with Crippen LogP contribution in [-0.4, -0.2) is 75.2 Å². The van der Waals surface area contributed by atoms with Crippen LogP contribution in [0.1, 0.15) is 129 Å². The molecule has 0 aliphatic rings. The fourth-order valence-electron chi connectivity index (χ4n) is 7.38. The van der Waals surface area contributed by atoms with Crippen molar-refractivity contribution < 1.29 is 10.2 Å². The summed E-state index contributed by atoms with van der Waals surface area (Å²) < 4.78 is 0. The van der Waals surface area contributed by atoms with Crippen molar-refractivity contribution in [3.8, 4) is 11.5 Å². The van der Waals surface area contributed by atoms with Crippen LogP contribution < -0.4 is 5.32 Å². The number of rotatable bonds is 16. The summed E-state index contributed by atoms with van der Waals surface area (Å²) in [7, 11) is 0. The Labute approximate surface area is 402 Å². The Morgan fingerprint density at radius 3 is 1.35 bits per heavy atom. The maximum Gasteiger partial charge on any atom is 0.119 e. The molecule has 5 rings (SSSR count). The average Bonchev–Trinajstić information content (AvgIpc) is 3.26. The highest BCUT2D eigenvalue weighted by molar-refractivity contribution is 6.19. The molecule has 1 unspecified atom stereocenters. The zero-order valence-corrected chi connectivity index (χ0v) is 43.3. The molecule has 3 N–H and O–H groups in total. The van der Waals surface area contributed by atoms with Gasteiger partial charge in [-0.3, -0.25) is 9.80 Å². The summed E-state index contributed by atoms with van der Waals surface area (Å²) in [5.74, 6) is 1.52. The predicted molar refractivity (Wildman–Crippen MR) is 288 cm³/mol. The number of halogens is 1. The van der Waals surface area contributed by atoms with Crippen LogP contribution in [0.4, 0.5) is 0 Å². The van der Waals surface area contributed by atoms with Crippen LogP contribution in [-0.2, 0) is 0 Å². The van der Waals surface area contributed by atoms with E-state index in [1.807, 2.05) is 85.8 Å². The molecule has 5 aromatic rings. The van der Waals surface area contributed by atoms with Crippen molar-refractivity contribution in [1.82, 2.24) is 15.1 Å². The monoisotopic (exact) mass is 904 g/mol. The molecule has 0 amide bonds. The van der Waals surface area contributed by atoms with Crippen molar-refractivity contribution >= 4 is 23.8 Å². The van der Waals surface area contributed by atoms with Gasteiger partial charge in [-0.1, -0.05) is 178 Å². The normalized spacial score (nSPS) is 11.7. The largest absolute Gasteiger partial charge is 0.508 e. The number of hydrogen-bond acceptors (Lipinski definition) is 5. The van der Waals surface area contributed by atoms with Crippen LogP contribution in [0.15, 0.2) is 146 Å². The van der Waals surface area contributed by atoms with Gasteiger partial charge in [0.2, 0.25) is 0 Å². The molecule has 0 saturated heterocycles. The van der Waals surface area contributed by atoms with Gasteiger partial charge in [0.15, 0.2) is 0 Å². The lowest BCUT2D eigenvalue weighted by atomic mass is 9.87. The van der Waals surface area contributed by atoms with E-state index in [4.69, 9.17) is 16.7 Å². The molecule has 5 aromatic carbocycles. The lowest BCUT2D eigenvalue weighted by Crippen LogP contribution is -2.38. The van der Waals surface area contributed by atoms with Gasteiger partial charge in [0.25, 0.3) is 0 Å². The summed E-state index contributed by atoms with van der Waals surface area (Å²) >= 11 is 5.46. The van der Waals surface area contributed by atoms with Crippen LogP contribution in [0.3, 0.4) is 0 Å². The highest BCUT2D eigenvalue weighted by Gasteiger charge is 2.21. The molecule has 0 aliphatic heterocycles. The van der Waals surface area contributed by atoms with Crippen LogP contribution in [0.25, 0.3) is 12.2 Å². The molecule has 65 heavy (non-hydrogen) atoms. The summed E-state index contributed by atoms with van der Waals surface area (Å²) in [5, 5.41) is 22.5. The number of phenols is 2. The van der Waals surface area contributed by atoms with E-state index in [0.29, 0.717) is 53.6 Å². The number of aryl methyl sites for hydroxylation is 2. The molecule has 356 valence electrons. The zero-order chi connectivity index (χ0) is 48.7. The van der Waals surface area contributed by atoms with Gasteiger partial charge in [0.1, 0.15) is 11.5 Å². The quantitative estimate of drug-likeness (QED) is 0.0862. The maximum atomic E-state index is 10.4. The number of aromatic hydroxyl groups is 2. The van der Waals surface area contributed by atoms with Gasteiger partial charge in [-0.15, -0.1) is 11.6 Å². The maximum absolute atomic E-state index is 10.4. The standard InChI is InChI=1S/C22H31NO.C15H23N.C9H9Cl.C7H8O.C6H15N/c1-16(2)23(17(3)4)14-13-20(19-9-7-6-8-10-19)21-15-18(5)11-12-22(21)24;1-13(2)16(14(3)4)12-8-11-15-9-6-5-7-10-15;10-8-4-7-9-5-2-1-3-6-9;1-6-2-4-7(8)5-3-6;1-5(2)7-6(3)4/h6-12,15-17,20,24H,13-14H2,1-5H3;5-11,13-14H,12H2,1-4H3;1-7H,8H2;2-5,8H,1H3;5-7H,1-4H3/b;11-8+;7-4+;;. The first-order chi connectivity index (χ1) is 30.9. The summed E-state index contributed by atoms with van der Waals surface area (Å²) in [6.07, 6.45) is 9.37. The number of phenolic OH excluding ortho intramolecular Hbond substituents is 2. The van der Waals surface area contributed by atoms with E-state index in [0.717, 1.165) is 25.1 Å². The minimum atomic E-state index is 0.214. The second-order valence-corrected chi connectivity index (χ2v) is 18.5. The smallest absolute Gasteiger partial charge is 0.119 e. The summed E-state index contributed by atoms with van der Waals surface area (Å²) in [5.41, 5.74) is 7.13. The summed E-state index contributed by atoms with van der Waals surface area (Å²) in [6.45, 7) is 32.7. The number of nitrogens with one attached hydrogen (secondary N) is 1. The zero-order valence-electron chi connectivity index (χ0n) is 42.5. The van der Waals surface area contributed by atoms with Crippen LogP contribution in [0, 0.1) is 13.8 Å². The van der Waals surface area contributed by atoms with E-state index in [1.165, 1.54) is 27.8 Å². The Morgan fingerprint density at radius 1 is 0.523 bits per heavy atom. The van der Waals surface area contributed by atoms with E-state index in [9.17, 15) is 5.11 Å². The number of allylic oxidation sites excluding steroid dienone is 1. The molecule has 0 spiro atoms. The first-order valence-electron chi connectivity index (χ1n) is 23.7. The molecule has 0 saturated carbocycles. The third-order valence-corrected chi connectivity index (χ3v) is 10.6.